The van der Waals surface area contributed by atoms with Crippen molar-refractivity contribution in [1.29, 1.82) is 0 Å². The molecule has 0 aliphatic rings. The molecule has 4 heteroatoms. The maximum Gasteiger partial charge on any atom is 0.122 e. The number of benzene rings is 2. The Morgan fingerprint density at radius 1 is 1.10 bits per heavy atom. The third-order valence-electron chi connectivity index (χ3n) is 3.40. The second-order valence-corrected chi connectivity index (χ2v) is 5.79. The molecule has 3 aromatic rings. The number of hydrogen-bond donors (Lipinski definition) is 1. The lowest BCUT2D eigenvalue weighted by Gasteiger charge is -2.16. The van der Waals surface area contributed by atoms with Gasteiger partial charge >= 0.3 is 0 Å². The van der Waals surface area contributed by atoms with Gasteiger partial charge in [0.25, 0.3) is 0 Å². The van der Waals surface area contributed by atoms with Crippen LogP contribution in [-0.4, -0.2) is 14.9 Å². The van der Waals surface area contributed by atoms with Gasteiger partial charge in [-0.25, -0.2) is 4.68 Å². The molecule has 3 nitrogen and oxygen atoms in total. The summed E-state index contributed by atoms with van der Waals surface area (Å²) in [4.78, 5) is 0. The number of aliphatic hydroxyl groups is 1. The number of hydrogen-bond acceptors (Lipinski definition) is 2. The Bertz CT molecular complexity index is 752. The molecule has 1 unspecified atom stereocenters. The lowest BCUT2D eigenvalue weighted by Crippen LogP contribution is -2.09. The van der Waals surface area contributed by atoms with E-state index in [1.54, 1.807) is 10.9 Å². The van der Waals surface area contributed by atoms with E-state index >= 15 is 0 Å². The van der Waals surface area contributed by atoms with Gasteiger partial charge in [0.1, 0.15) is 6.10 Å². The largest absolute Gasteiger partial charge is 0.382 e. The van der Waals surface area contributed by atoms with Gasteiger partial charge in [-0.15, -0.1) is 0 Å². The second kappa shape index (κ2) is 5.84. The molecule has 0 aliphatic heterocycles. The molecule has 106 valence electrons. The standard InChI is InChI=1S/C17H15BrN2O/c1-12-7-8-15(18)14(11-12)17(21)16-9-10-19-20(16)13-5-3-2-4-6-13/h2-11,17,21H,1H3. The quantitative estimate of drug-likeness (QED) is 0.780. The predicted molar refractivity (Wildman–Crippen MR) is 86.5 cm³/mol. The molecule has 21 heavy (non-hydrogen) atoms. The summed E-state index contributed by atoms with van der Waals surface area (Å²) in [7, 11) is 0. The van der Waals surface area contributed by atoms with Crippen LogP contribution in [0.5, 0.6) is 0 Å². The molecule has 1 heterocycles. The van der Waals surface area contributed by atoms with Crippen molar-refractivity contribution in [1.82, 2.24) is 9.78 Å². The fraction of sp³-hybridized carbons (Fsp3) is 0.118. The van der Waals surface area contributed by atoms with Gasteiger partial charge in [-0.2, -0.15) is 5.10 Å². The summed E-state index contributed by atoms with van der Waals surface area (Å²) in [5, 5.41) is 15.1. The highest BCUT2D eigenvalue weighted by Crippen LogP contribution is 2.30. The van der Waals surface area contributed by atoms with Crippen molar-refractivity contribution in [3.05, 3.63) is 82.1 Å². The zero-order chi connectivity index (χ0) is 14.8. The molecule has 0 saturated carbocycles. The average molecular weight is 343 g/mol. The molecule has 0 radical (unpaired) electrons. The number of para-hydroxylation sites is 1. The van der Waals surface area contributed by atoms with E-state index in [1.807, 2.05) is 61.5 Å². The summed E-state index contributed by atoms with van der Waals surface area (Å²) in [6.45, 7) is 2.01. The molecule has 1 aromatic heterocycles. The maximum absolute atomic E-state index is 10.7. The lowest BCUT2D eigenvalue weighted by atomic mass is 10.0. The fourth-order valence-electron chi connectivity index (χ4n) is 2.34. The third kappa shape index (κ3) is 2.77. The van der Waals surface area contributed by atoms with Gasteiger partial charge in [-0.1, -0.05) is 51.8 Å². The van der Waals surface area contributed by atoms with Gasteiger partial charge in [0, 0.05) is 16.2 Å². The molecule has 0 saturated heterocycles. The highest BCUT2D eigenvalue weighted by Gasteiger charge is 2.18. The first-order valence-electron chi connectivity index (χ1n) is 6.70. The molecule has 3 rings (SSSR count). The van der Waals surface area contributed by atoms with Crippen LogP contribution in [-0.2, 0) is 0 Å². The second-order valence-electron chi connectivity index (χ2n) is 4.93. The number of rotatable bonds is 3. The molecule has 0 spiro atoms. The first-order valence-corrected chi connectivity index (χ1v) is 7.49. The molecular weight excluding hydrogens is 328 g/mol. The smallest absolute Gasteiger partial charge is 0.122 e. The Balaban J connectivity index is 2.06. The van der Waals surface area contributed by atoms with E-state index in [2.05, 4.69) is 21.0 Å². The van der Waals surface area contributed by atoms with Crippen molar-refractivity contribution < 1.29 is 5.11 Å². The average Bonchev–Trinajstić information content (AvgIpc) is 2.99. The number of aryl methyl sites for hydroxylation is 1. The van der Waals surface area contributed by atoms with Crippen molar-refractivity contribution in [2.24, 2.45) is 0 Å². The van der Waals surface area contributed by atoms with Gasteiger partial charge in [-0.05, 0) is 31.2 Å². The van der Waals surface area contributed by atoms with Crippen LogP contribution in [0.15, 0.2) is 65.3 Å². The zero-order valence-corrected chi connectivity index (χ0v) is 13.2. The van der Waals surface area contributed by atoms with Crippen LogP contribution < -0.4 is 0 Å². The molecule has 2 aromatic carbocycles. The number of nitrogens with zero attached hydrogens (tertiary/aromatic N) is 2. The van der Waals surface area contributed by atoms with E-state index in [9.17, 15) is 5.11 Å². The molecule has 0 fully saturated rings. The summed E-state index contributed by atoms with van der Waals surface area (Å²) in [6.07, 6.45) is 0.969. The maximum atomic E-state index is 10.7. The number of aliphatic hydroxyl groups excluding tert-OH is 1. The fourth-order valence-corrected chi connectivity index (χ4v) is 2.80. The van der Waals surface area contributed by atoms with E-state index in [0.717, 1.165) is 27.0 Å². The molecule has 1 N–H and O–H groups in total. The van der Waals surface area contributed by atoms with Crippen molar-refractivity contribution >= 4 is 15.9 Å². The van der Waals surface area contributed by atoms with Gasteiger partial charge in [0.15, 0.2) is 0 Å². The molecule has 0 amide bonds. The molecule has 1 atom stereocenters. The van der Waals surface area contributed by atoms with E-state index in [4.69, 9.17) is 0 Å². The van der Waals surface area contributed by atoms with Gasteiger partial charge < -0.3 is 5.11 Å². The Kier molecular flexibility index (Phi) is 3.90. The predicted octanol–water partition coefficient (Wildman–Crippen LogP) is 4.02. The normalized spacial score (nSPS) is 12.3. The van der Waals surface area contributed by atoms with E-state index in [0.29, 0.717) is 0 Å². The van der Waals surface area contributed by atoms with Crippen LogP contribution in [0.1, 0.15) is 22.9 Å². The first-order chi connectivity index (χ1) is 10.2. The lowest BCUT2D eigenvalue weighted by molar-refractivity contribution is 0.211. The Hall–Kier alpha value is -1.91. The third-order valence-corrected chi connectivity index (χ3v) is 4.12. The van der Waals surface area contributed by atoms with Crippen LogP contribution in [0.4, 0.5) is 0 Å². The topological polar surface area (TPSA) is 38.1 Å². The van der Waals surface area contributed by atoms with E-state index < -0.39 is 6.10 Å². The highest BCUT2D eigenvalue weighted by molar-refractivity contribution is 9.10. The van der Waals surface area contributed by atoms with Crippen molar-refractivity contribution in [2.45, 2.75) is 13.0 Å². The highest BCUT2D eigenvalue weighted by atomic mass is 79.9. The van der Waals surface area contributed by atoms with Gasteiger partial charge in [0.05, 0.1) is 11.4 Å². The monoisotopic (exact) mass is 342 g/mol. The minimum Gasteiger partial charge on any atom is -0.382 e. The van der Waals surface area contributed by atoms with Crippen LogP contribution in [0.2, 0.25) is 0 Å². The molecule has 0 aliphatic carbocycles. The van der Waals surface area contributed by atoms with Gasteiger partial charge in [-0.3, -0.25) is 0 Å². The van der Waals surface area contributed by atoms with Crippen molar-refractivity contribution in [3.63, 3.8) is 0 Å². The first kappa shape index (κ1) is 14.0. The van der Waals surface area contributed by atoms with Crippen LogP contribution in [0.3, 0.4) is 0 Å². The van der Waals surface area contributed by atoms with Crippen LogP contribution in [0.25, 0.3) is 5.69 Å². The Labute approximate surface area is 132 Å². The Morgan fingerprint density at radius 3 is 2.62 bits per heavy atom. The molecular formula is C17H15BrN2O. The minimum atomic E-state index is -0.734. The summed E-state index contributed by atoms with van der Waals surface area (Å²) in [6, 6.07) is 17.6. The number of halogens is 1. The SMILES string of the molecule is Cc1ccc(Br)c(C(O)c2ccnn2-c2ccccc2)c1. The molecule has 0 bridgehead atoms. The minimum absolute atomic E-state index is 0.734. The summed E-state index contributed by atoms with van der Waals surface area (Å²) in [5.41, 5.74) is 3.62. The van der Waals surface area contributed by atoms with Crippen LogP contribution >= 0.6 is 15.9 Å². The Morgan fingerprint density at radius 2 is 1.86 bits per heavy atom. The number of aromatic nitrogens is 2. The van der Waals surface area contributed by atoms with Crippen molar-refractivity contribution in [2.75, 3.05) is 0 Å². The zero-order valence-electron chi connectivity index (χ0n) is 11.6. The summed E-state index contributed by atoms with van der Waals surface area (Å²) < 4.78 is 2.65. The van der Waals surface area contributed by atoms with E-state index in [1.165, 1.54) is 0 Å². The summed E-state index contributed by atoms with van der Waals surface area (Å²) in [5.74, 6) is 0. The van der Waals surface area contributed by atoms with E-state index in [-0.39, 0.29) is 0 Å². The van der Waals surface area contributed by atoms with Crippen molar-refractivity contribution in [3.8, 4) is 5.69 Å². The van der Waals surface area contributed by atoms with Gasteiger partial charge in [0.2, 0.25) is 0 Å². The summed E-state index contributed by atoms with van der Waals surface area (Å²) >= 11 is 3.51. The van der Waals surface area contributed by atoms with Crippen LogP contribution in [0, 0.1) is 6.92 Å².